The molecular formula is C3H9NO4S. The standard InChI is InChI=1S/C3H9NO4S/c4-1-3(2-5)9(6,7)8/h3,5H,1-2,4H2,(H,6,7,8). The highest BCUT2D eigenvalue weighted by Gasteiger charge is 2.19. The quantitative estimate of drug-likeness (QED) is 0.417. The van der Waals surface area contributed by atoms with Gasteiger partial charge < -0.3 is 10.8 Å². The largest absolute Gasteiger partial charge is 0.395 e. The maximum atomic E-state index is 10.1. The maximum absolute atomic E-state index is 10.1. The summed E-state index contributed by atoms with van der Waals surface area (Å²) in [5.74, 6) is 0. The molecule has 0 aliphatic carbocycles. The SMILES string of the molecule is NCC(CO)S(=O)(=O)O. The van der Waals surface area contributed by atoms with Crippen molar-refractivity contribution in [3.05, 3.63) is 0 Å². The van der Waals surface area contributed by atoms with E-state index in [9.17, 15) is 8.42 Å². The van der Waals surface area contributed by atoms with Crippen LogP contribution >= 0.6 is 0 Å². The van der Waals surface area contributed by atoms with Crippen LogP contribution in [0.4, 0.5) is 0 Å². The summed E-state index contributed by atoms with van der Waals surface area (Å²) >= 11 is 0. The van der Waals surface area contributed by atoms with E-state index in [1.807, 2.05) is 0 Å². The molecule has 0 saturated carbocycles. The third kappa shape index (κ3) is 2.75. The second-order valence-electron chi connectivity index (χ2n) is 1.56. The third-order valence-electron chi connectivity index (χ3n) is 0.888. The zero-order chi connectivity index (χ0) is 7.49. The fourth-order valence-electron chi connectivity index (χ4n) is 0.290. The number of hydrogen-bond acceptors (Lipinski definition) is 4. The first kappa shape index (κ1) is 8.83. The molecule has 9 heavy (non-hydrogen) atoms. The topological polar surface area (TPSA) is 101 Å². The summed E-state index contributed by atoms with van der Waals surface area (Å²) in [6.45, 7) is -0.912. The van der Waals surface area contributed by atoms with Gasteiger partial charge in [0, 0.05) is 6.54 Å². The van der Waals surface area contributed by atoms with Gasteiger partial charge in [0.05, 0.1) is 6.61 Å². The molecule has 0 bridgehead atoms. The summed E-state index contributed by atoms with van der Waals surface area (Å²) in [7, 11) is -4.14. The van der Waals surface area contributed by atoms with Gasteiger partial charge in [0.25, 0.3) is 10.1 Å². The molecule has 0 fully saturated rings. The summed E-state index contributed by atoms with van der Waals surface area (Å²) in [6, 6.07) is 0. The van der Waals surface area contributed by atoms with Crippen molar-refractivity contribution in [2.24, 2.45) is 5.73 Å². The molecule has 0 spiro atoms. The molecule has 5 nitrogen and oxygen atoms in total. The van der Waals surface area contributed by atoms with E-state index in [-0.39, 0.29) is 6.54 Å². The molecule has 1 unspecified atom stereocenters. The van der Waals surface area contributed by atoms with Crippen molar-refractivity contribution in [3.8, 4) is 0 Å². The molecule has 0 aromatic carbocycles. The van der Waals surface area contributed by atoms with Gasteiger partial charge in [-0.05, 0) is 0 Å². The van der Waals surface area contributed by atoms with Crippen LogP contribution in [0.15, 0.2) is 0 Å². The summed E-state index contributed by atoms with van der Waals surface area (Å²) < 4.78 is 28.4. The Bertz CT molecular complexity index is 159. The highest BCUT2D eigenvalue weighted by Crippen LogP contribution is 1.93. The monoisotopic (exact) mass is 155 g/mol. The van der Waals surface area contributed by atoms with E-state index in [2.05, 4.69) is 0 Å². The van der Waals surface area contributed by atoms with Crippen LogP contribution in [0, 0.1) is 0 Å². The summed E-state index contributed by atoms with van der Waals surface area (Å²) in [6.07, 6.45) is 0. The van der Waals surface area contributed by atoms with E-state index in [1.165, 1.54) is 0 Å². The Hall–Kier alpha value is -0.170. The molecule has 4 N–H and O–H groups in total. The van der Waals surface area contributed by atoms with Gasteiger partial charge in [-0.25, -0.2) is 0 Å². The molecule has 6 heteroatoms. The molecule has 0 aromatic heterocycles. The second-order valence-corrected chi connectivity index (χ2v) is 3.25. The molecular weight excluding hydrogens is 146 g/mol. The van der Waals surface area contributed by atoms with Gasteiger partial charge in [-0.2, -0.15) is 8.42 Å². The van der Waals surface area contributed by atoms with E-state index in [1.54, 1.807) is 0 Å². The van der Waals surface area contributed by atoms with Crippen LogP contribution < -0.4 is 5.73 Å². The predicted molar refractivity (Wildman–Crippen MR) is 31.5 cm³/mol. The smallest absolute Gasteiger partial charge is 0.271 e. The van der Waals surface area contributed by atoms with Crippen molar-refractivity contribution in [2.45, 2.75) is 5.25 Å². The number of aliphatic hydroxyl groups is 1. The van der Waals surface area contributed by atoms with E-state index >= 15 is 0 Å². The van der Waals surface area contributed by atoms with Crippen LogP contribution in [-0.2, 0) is 10.1 Å². The van der Waals surface area contributed by atoms with Crippen LogP contribution in [0.3, 0.4) is 0 Å². The van der Waals surface area contributed by atoms with Gasteiger partial charge >= 0.3 is 0 Å². The van der Waals surface area contributed by atoms with Gasteiger partial charge in [-0.15, -0.1) is 0 Å². The van der Waals surface area contributed by atoms with E-state index < -0.39 is 22.0 Å². The Kier molecular flexibility index (Phi) is 3.06. The number of rotatable bonds is 3. The van der Waals surface area contributed by atoms with Crippen LogP contribution in [0.2, 0.25) is 0 Å². The van der Waals surface area contributed by atoms with Gasteiger partial charge in [0.15, 0.2) is 0 Å². The average Bonchev–Trinajstić information content (AvgIpc) is 1.65. The lowest BCUT2D eigenvalue weighted by molar-refractivity contribution is 0.285. The normalized spacial score (nSPS) is 15.4. The summed E-state index contributed by atoms with van der Waals surface area (Å²) in [4.78, 5) is 0. The van der Waals surface area contributed by atoms with Crippen molar-refractivity contribution >= 4 is 10.1 Å². The van der Waals surface area contributed by atoms with Crippen molar-refractivity contribution in [1.29, 1.82) is 0 Å². The van der Waals surface area contributed by atoms with Crippen LogP contribution in [-0.4, -0.2) is 36.5 Å². The molecule has 0 radical (unpaired) electrons. The Labute approximate surface area is 53.2 Å². The lowest BCUT2D eigenvalue weighted by Gasteiger charge is -2.05. The first-order valence-corrected chi connectivity index (χ1v) is 3.80. The Morgan fingerprint density at radius 2 is 2.00 bits per heavy atom. The first-order chi connectivity index (χ1) is 4.02. The van der Waals surface area contributed by atoms with Crippen LogP contribution in [0.5, 0.6) is 0 Å². The highest BCUT2D eigenvalue weighted by molar-refractivity contribution is 7.86. The summed E-state index contributed by atoms with van der Waals surface area (Å²) in [5.41, 5.74) is 4.87. The number of hydrogen-bond donors (Lipinski definition) is 3. The Morgan fingerprint density at radius 3 is 2.00 bits per heavy atom. The van der Waals surface area contributed by atoms with E-state index in [0.717, 1.165) is 0 Å². The molecule has 0 aromatic rings. The van der Waals surface area contributed by atoms with Crippen LogP contribution in [0.25, 0.3) is 0 Å². The van der Waals surface area contributed by atoms with Crippen molar-refractivity contribution in [3.63, 3.8) is 0 Å². The fourth-order valence-corrected chi connectivity index (χ4v) is 0.722. The first-order valence-electron chi connectivity index (χ1n) is 2.29. The Morgan fingerprint density at radius 1 is 1.56 bits per heavy atom. The highest BCUT2D eigenvalue weighted by atomic mass is 32.2. The molecule has 0 heterocycles. The van der Waals surface area contributed by atoms with E-state index in [0.29, 0.717) is 0 Å². The third-order valence-corrected chi connectivity index (χ3v) is 2.07. The van der Waals surface area contributed by atoms with Crippen molar-refractivity contribution < 1.29 is 18.1 Å². The zero-order valence-corrected chi connectivity index (χ0v) is 5.50. The lowest BCUT2D eigenvalue weighted by atomic mass is 10.5. The maximum Gasteiger partial charge on any atom is 0.271 e. The molecule has 0 saturated heterocycles. The minimum absolute atomic E-state index is 0.269. The van der Waals surface area contributed by atoms with E-state index in [4.69, 9.17) is 15.4 Å². The summed E-state index contributed by atoms with van der Waals surface area (Å²) in [5, 5.41) is 7.00. The van der Waals surface area contributed by atoms with Gasteiger partial charge in [-0.1, -0.05) is 0 Å². The molecule has 0 rings (SSSR count). The minimum atomic E-state index is -4.14. The second kappa shape index (κ2) is 3.11. The average molecular weight is 155 g/mol. The Balaban J connectivity index is 4.14. The molecule has 0 amide bonds. The predicted octanol–water partition coefficient (Wildman–Crippen LogP) is -1.81. The molecule has 1 atom stereocenters. The molecule has 56 valence electrons. The molecule has 0 aliphatic rings. The van der Waals surface area contributed by atoms with Gasteiger partial charge in [0.2, 0.25) is 0 Å². The van der Waals surface area contributed by atoms with Gasteiger partial charge in [0.1, 0.15) is 5.25 Å². The number of aliphatic hydroxyl groups excluding tert-OH is 1. The molecule has 0 aliphatic heterocycles. The van der Waals surface area contributed by atoms with Gasteiger partial charge in [-0.3, -0.25) is 4.55 Å². The zero-order valence-electron chi connectivity index (χ0n) is 4.69. The lowest BCUT2D eigenvalue weighted by Crippen LogP contribution is -2.32. The fraction of sp³-hybridized carbons (Fsp3) is 1.00. The van der Waals surface area contributed by atoms with Crippen molar-refractivity contribution in [1.82, 2.24) is 0 Å². The van der Waals surface area contributed by atoms with Crippen molar-refractivity contribution in [2.75, 3.05) is 13.2 Å². The van der Waals surface area contributed by atoms with Crippen LogP contribution in [0.1, 0.15) is 0 Å². The minimum Gasteiger partial charge on any atom is -0.395 e. The number of nitrogens with two attached hydrogens (primary N) is 1.